The molecule has 48 heavy (non-hydrogen) atoms. The molecule has 0 atom stereocenters. The summed E-state index contributed by atoms with van der Waals surface area (Å²) in [4.78, 5) is 2.31. The quantitative estimate of drug-likeness (QED) is 0.185. The number of anilines is 3. The first kappa shape index (κ1) is 27.9. The zero-order chi connectivity index (χ0) is 31.9. The Morgan fingerprint density at radius 2 is 0.750 bits per heavy atom. The van der Waals surface area contributed by atoms with Gasteiger partial charge in [-0.1, -0.05) is 140 Å². The Morgan fingerprint density at radius 1 is 0.292 bits per heavy atom. The smallest absolute Gasteiger partial charge is 0.143 e. The van der Waals surface area contributed by atoms with E-state index in [9.17, 15) is 0 Å². The van der Waals surface area contributed by atoms with E-state index in [1.54, 1.807) is 0 Å². The molecule has 0 spiro atoms. The fourth-order valence-electron chi connectivity index (χ4n) is 6.90. The van der Waals surface area contributed by atoms with E-state index in [4.69, 9.17) is 4.42 Å². The minimum Gasteiger partial charge on any atom is -0.455 e. The highest BCUT2D eigenvalue weighted by Crippen LogP contribution is 2.40. The van der Waals surface area contributed by atoms with Crippen LogP contribution in [-0.2, 0) is 0 Å². The van der Waals surface area contributed by atoms with E-state index < -0.39 is 0 Å². The number of benzene rings is 8. The Labute approximate surface area is 279 Å². The van der Waals surface area contributed by atoms with Crippen molar-refractivity contribution in [3.63, 3.8) is 0 Å². The maximum absolute atomic E-state index is 6.36. The Hall–Kier alpha value is -6.38. The van der Waals surface area contributed by atoms with Gasteiger partial charge in [0.15, 0.2) is 0 Å². The van der Waals surface area contributed by atoms with Crippen LogP contribution in [0.15, 0.2) is 192 Å². The van der Waals surface area contributed by atoms with E-state index in [2.05, 4.69) is 181 Å². The highest BCUT2D eigenvalue weighted by atomic mass is 16.3. The fraction of sp³-hybridized carbons (Fsp3) is 0. The standard InChI is InChI=1S/C46H31NO/c1-3-10-32(11-4-1)33-18-20-34(21-19-33)35-22-26-38(27-23-35)47(37-12-5-2-6-13-37)39-28-24-36(25-29-39)40-15-9-16-43-41(40)30-31-44-42-14-7-8-17-45(42)48-46(43)44/h1-31H. The zero-order valence-electron chi connectivity index (χ0n) is 26.3. The van der Waals surface area contributed by atoms with Crippen LogP contribution >= 0.6 is 0 Å². The van der Waals surface area contributed by atoms with Crippen LogP contribution in [0.5, 0.6) is 0 Å². The molecule has 0 aliphatic heterocycles. The van der Waals surface area contributed by atoms with Crippen LogP contribution in [0.4, 0.5) is 17.1 Å². The minimum absolute atomic E-state index is 0.921. The summed E-state index contributed by atoms with van der Waals surface area (Å²) in [5.74, 6) is 0. The Morgan fingerprint density at radius 3 is 1.42 bits per heavy atom. The first-order valence-corrected chi connectivity index (χ1v) is 16.3. The van der Waals surface area contributed by atoms with E-state index in [0.29, 0.717) is 0 Å². The number of furan rings is 1. The van der Waals surface area contributed by atoms with Crippen LogP contribution in [0.1, 0.15) is 0 Å². The molecule has 9 aromatic rings. The number of fused-ring (bicyclic) bond motifs is 5. The van der Waals surface area contributed by atoms with Gasteiger partial charge in [-0.15, -0.1) is 0 Å². The van der Waals surface area contributed by atoms with E-state index in [1.807, 2.05) is 12.1 Å². The Bertz CT molecular complexity index is 2510. The molecule has 0 N–H and O–H groups in total. The molecule has 0 aliphatic rings. The third kappa shape index (κ3) is 4.92. The van der Waals surface area contributed by atoms with E-state index in [1.165, 1.54) is 38.8 Å². The van der Waals surface area contributed by atoms with Crippen LogP contribution in [0, 0.1) is 0 Å². The van der Waals surface area contributed by atoms with Crippen molar-refractivity contribution >= 4 is 49.8 Å². The van der Waals surface area contributed by atoms with Crippen molar-refractivity contribution in [1.82, 2.24) is 0 Å². The summed E-state index contributed by atoms with van der Waals surface area (Å²) in [6.07, 6.45) is 0. The van der Waals surface area contributed by atoms with Crippen LogP contribution in [0.3, 0.4) is 0 Å². The highest BCUT2D eigenvalue weighted by Gasteiger charge is 2.15. The summed E-state index contributed by atoms with van der Waals surface area (Å²) >= 11 is 0. The molecule has 8 aromatic carbocycles. The van der Waals surface area contributed by atoms with Gasteiger partial charge in [-0.3, -0.25) is 0 Å². The van der Waals surface area contributed by atoms with Gasteiger partial charge in [0.1, 0.15) is 11.2 Å². The molecule has 226 valence electrons. The third-order valence-corrected chi connectivity index (χ3v) is 9.30. The first-order valence-electron chi connectivity index (χ1n) is 16.3. The second-order valence-corrected chi connectivity index (χ2v) is 12.1. The average Bonchev–Trinajstić information content (AvgIpc) is 3.56. The topological polar surface area (TPSA) is 16.4 Å². The summed E-state index contributed by atoms with van der Waals surface area (Å²) in [6.45, 7) is 0. The summed E-state index contributed by atoms with van der Waals surface area (Å²) in [7, 11) is 0. The second kappa shape index (κ2) is 11.8. The van der Waals surface area contributed by atoms with Crippen molar-refractivity contribution in [1.29, 1.82) is 0 Å². The summed E-state index contributed by atoms with van der Waals surface area (Å²) < 4.78 is 6.36. The molecule has 1 heterocycles. The molecule has 2 nitrogen and oxygen atoms in total. The van der Waals surface area contributed by atoms with Crippen molar-refractivity contribution in [3.8, 4) is 33.4 Å². The predicted octanol–water partition coefficient (Wildman–Crippen LogP) is 13.2. The molecule has 0 saturated carbocycles. The molecule has 0 radical (unpaired) electrons. The lowest BCUT2D eigenvalue weighted by molar-refractivity contribution is 0.672. The molecule has 0 bridgehead atoms. The predicted molar refractivity (Wildman–Crippen MR) is 202 cm³/mol. The van der Waals surface area contributed by atoms with Gasteiger partial charge in [0.2, 0.25) is 0 Å². The van der Waals surface area contributed by atoms with Crippen LogP contribution < -0.4 is 4.90 Å². The molecule has 0 saturated heterocycles. The SMILES string of the molecule is c1ccc(-c2ccc(-c3ccc(N(c4ccccc4)c4ccc(-c5cccc6c5ccc5c7ccccc7oc65)cc4)cc3)cc2)cc1. The maximum Gasteiger partial charge on any atom is 0.143 e. The van der Waals surface area contributed by atoms with Crippen molar-refractivity contribution in [2.24, 2.45) is 0 Å². The molecule has 0 aliphatic carbocycles. The molecule has 0 amide bonds. The van der Waals surface area contributed by atoms with Gasteiger partial charge < -0.3 is 9.32 Å². The number of rotatable bonds is 6. The van der Waals surface area contributed by atoms with Crippen LogP contribution in [-0.4, -0.2) is 0 Å². The lowest BCUT2D eigenvalue weighted by Gasteiger charge is -2.26. The van der Waals surface area contributed by atoms with Crippen LogP contribution in [0.2, 0.25) is 0 Å². The van der Waals surface area contributed by atoms with E-state index >= 15 is 0 Å². The second-order valence-electron chi connectivity index (χ2n) is 12.1. The van der Waals surface area contributed by atoms with Crippen molar-refractivity contribution in [3.05, 3.63) is 188 Å². The summed E-state index contributed by atoms with van der Waals surface area (Å²) in [6, 6.07) is 66.8. The number of nitrogens with zero attached hydrogens (tertiary/aromatic N) is 1. The third-order valence-electron chi connectivity index (χ3n) is 9.30. The minimum atomic E-state index is 0.921. The lowest BCUT2D eigenvalue weighted by Crippen LogP contribution is -2.09. The molecule has 9 rings (SSSR count). The Kier molecular flexibility index (Phi) is 6.84. The maximum atomic E-state index is 6.36. The molecule has 1 aromatic heterocycles. The molecule has 0 fully saturated rings. The molecule has 0 unspecified atom stereocenters. The van der Waals surface area contributed by atoms with Gasteiger partial charge in [-0.2, -0.15) is 0 Å². The van der Waals surface area contributed by atoms with E-state index in [-0.39, 0.29) is 0 Å². The number of hydrogen-bond donors (Lipinski definition) is 0. The van der Waals surface area contributed by atoms with Crippen LogP contribution in [0.25, 0.3) is 66.1 Å². The average molecular weight is 614 g/mol. The highest BCUT2D eigenvalue weighted by molar-refractivity contribution is 6.17. The largest absolute Gasteiger partial charge is 0.455 e. The first-order chi connectivity index (χ1) is 23.8. The number of para-hydroxylation sites is 2. The molecular weight excluding hydrogens is 583 g/mol. The van der Waals surface area contributed by atoms with Crippen molar-refractivity contribution < 1.29 is 4.42 Å². The summed E-state index contributed by atoms with van der Waals surface area (Å²) in [5.41, 5.74) is 12.4. The van der Waals surface area contributed by atoms with E-state index in [0.717, 1.165) is 44.4 Å². The fourth-order valence-corrected chi connectivity index (χ4v) is 6.90. The Balaban J connectivity index is 1.06. The monoisotopic (exact) mass is 613 g/mol. The number of hydrogen-bond acceptors (Lipinski definition) is 2. The normalized spacial score (nSPS) is 11.3. The van der Waals surface area contributed by atoms with Crippen molar-refractivity contribution in [2.45, 2.75) is 0 Å². The van der Waals surface area contributed by atoms with Gasteiger partial charge in [-0.25, -0.2) is 0 Å². The van der Waals surface area contributed by atoms with Gasteiger partial charge in [0.25, 0.3) is 0 Å². The van der Waals surface area contributed by atoms with Gasteiger partial charge >= 0.3 is 0 Å². The van der Waals surface area contributed by atoms with Gasteiger partial charge in [0.05, 0.1) is 0 Å². The molecule has 2 heteroatoms. The molecular formula is C46H31NO. The zero-order valence-corrected chi connectivity index (χ0v) is 26.3. The van der Waals surface area contributed by atoms with Gasteiger partial charge in [-0.05, 0) is 87.3 Å². The summed E-state index contributed by atoms with van der Waals surface area (Å²) in [5, 5.41) is 4.62. The van der Waals surface area contributed by atoms with Gasteiger partial charge in [0, 0.05) is 33.2 Å². The lowest BCUT2D eigenvalue weighted by atomic mass is 9.96. The van der Waals surface area contributed by atoms with Crippen molar-refractivity contribution in [2.75, 3.05) is 4.90 Å².